The van der Waals surface area contributed by atoms with Crippen LogP contribution in [-0.2, 0) is 0 Å². The minimum atomic E-state index is 0.0737. The summed E-state index contributed by atoms with van der Waals surface area (Å²) in [4.78, 5) is 19.2. The van der Waals surface area contributed by atoms with Crippen molar-refractivity contribution in [3.8, 4) is 0 Å². The Hall–Kier alpha value is -1.38. The molecule has 0 amide bonds. The fourth-order valence-electron chi connectivity index (χ4n) is 2.33. The first-order valence-corrected chi connectivity index (χ1v) is 8.36. The van der Waals surface area contributed by atoms with Crippen LogP contribution in [0.2, 0.25) is 0 Å². The quantitative estimate of drug-likeness (QED) is 0.643. The zero-order valence-electron chi connectivity index (χ0n) is 10.7. The molecule has 0 aliphatic carbocycles. The summed E-state index contributed by atoms with van der Waals surface area (Å²) in [5, 5.41) is 0. The number of carbonyl (C=O) groups excluding carboxylic acids is 1. The Balaban J connectivity index is 1.79. The van der Waals surface area contributed by atoms with Crippen molar-refractivity contribution >= 4 is 25.0 Å². The Labute approximate surface area is 119 Å². The standard InChI is InChI=1S/C15H16N2OSe/c18-14(12-7-3-1-4-8-12)13-11-16-15(19-13)17-9-5-2-6-10-17/h1,3-4,7-8,11H,2,5-6,9-10H2. The first kappa shape index (κ1) is 12.6. The van der Waals surface area contributed by atoms with Crippen LogP contribution in [0.1, 0.15) is 34.1 Å². The first-order chi connectivity index (χ1) is 9.34. The average Bonchev–Trinajstić information content (AvgIpc) is 2.98. The van der Waals surface area contributed by atoms with Crippen molar-refractivity contribution in [2.75, 3.05) is 18.0 Å². The molecule has 98 valence electrons. The molecule has 1 saturated heterocycles. The Morgan fingerprint density at radius 3 is 2.58 bits per heavy atom. The van der Waals surface area contributed by atoms with Crippen LogP contribution in [0.3, 0.4) is 0 Å². The summed E-state index contributed by atoms with van der Waals surface area (Å²) in [6.07, 6.45) is 5.59. The van der Waals surface area contributed by atoms with Crippen molar-refractivity contribution in [3.63, 3.8) is 0 Å². The van der Waals surface area contributed by atoms with Gasteiger partial charge in [0.2, 0.25) is 0 Å². The van der Waals surface area contributed by atoms with Crippen LogP contribution in [0.25, 0.3) is 0 Å². The molecular formula is C15H16N2OSe. The van der Waals surface area contributed by atoms with Gasteiger partial charge in [0.1, 0.15) is 0 Å². The number of ketones is 1. The number of hydrogen-bond donors (Lipinski definition) is 0. The van der Waals surface area contributed by atoms with E-state index in [2.05, 4.69) is 9.88 Å². The normalized spacial score (nSPS) is 15.5. The van der Waals surface area contributed by atoms with Crippen LogP contribution < -0.4 is 4.90 Å². The molecule has 4 heteroatoms. The van der Waals surface area contributed by atoms with Crippen molar-refractivity contribution in [3.05, 3.63) is 46.5 Å². The number of rotatable bonds is 3. The van der Waals surface area contributed by atoms with Gasteiger partial charge in [-0.15, -0.1) is 0 Å². The van der Waals surface area contributed by atoms with Crippen molar-refractivity contribution in [1.82, 2.24) is 4.98 Å². The number of aromatic nitrogens is 1. The van der Waals surface area contributed by atoms with E-state index in [0.29, 0.717) is 0 Å². The molecule has 0 bridgehead atoms. The van der Waals surface area contributed by atoms with E-state index in [-0.39, 0.29) is 20.3 Å². The van der Waals surface area contributed by atoms with Gasteiger partial charge in [0.05, 0.1) is 0 Å². The van der Waals surface area contributed by atoms with Gasteiger partial charge in [0.25, 0.3) is 0 Å². The molecule has 0 N–H and O–H groups in total. The summed E-state index contributed by atoms with van der Waals surface area (Å²) >= 11 is 0.0737. The second-order valence-corrected chi connectivity index (χ2v) is 6.87. The molecule has 1 aromatic heterocycles. The molecule has 0 unspecified atom stereocenters. The number of nitrogens with zero attached hydrogens (tertiary/aromatic N) is 2. The van der Waals surface area contributed by atoms with Crippen LogP contribution >= 0.6 is 0 Å². The molecule has 2 aromatic rings. The van der Waals surface area contributed by atoms with E-state index in [1.165, 1.54) is 19.3 Å². The van der Waals surface area contributed by atoms with Crippen molar-refractivity contribution in [2.24, 2.45) is 0 Å². The van der Waals surface area contributed by atoms with Gasteiger partial charge in [-0.05, 0) is 0 Å². The molecule has 1 aromatic carbocycles. The maximum atomic E-state index is 12.3. The van der Waals surface area contributed by atoms with Gasteiger partial charge in [-0.1, -0.05) is 0 Å². The molecule has 19 heavy (non-hydrogen) atoms. The monoisotopic (exact) mass is 320 g/mol. The molecular weight excluding hydrogens is 303 g/mol. The zero-order valence-corrected chi connectivity index (χ0v) is 12.4. The average molecular weight is 319 g/mol. The number of carbonyl (C=O) groups is 1. The third-order valence-corrected chi connectivity index (χ3v) is 5.60. The Morgan fingerprint density at radius 1 is 1.11 bits per heavy atom. The summed E-state index contributed by atoms with van der Waals surface area (Å²) in [5.41, 5.74) is 0.769. The van der Waals surface area contributed by atoms with Gasteiger partial charge in [-0.3, -0.25) is 0 Å². The molecule has 1 aliphatic heterocycles. The number of anilines is 1. The predicted octanol–water partition coefficient (Wildman–Crippen LogP) is 2.36. The van der Waals surface area contributed by atoms with Gasteiger partial charge in [-0.25, -0.2) is 0 Å². The van der Waals surface area contributed by atoms with Gasteiger partial charge in [0.15, 0.2) is 0 Å². The molecule has 0 radical (unpaired) electrons. The predicted molar refractivity (Wildman–Crippen MR) is 77.1 cm³/mol. The fourth-order valence-corrected chi connectivity index (χ4v) is 4.28. The fraction of sp³-hybridized carbons (Fsp3) is 0.333. The SMILES string of the molecule is O=C(c1ccccc1)c1cnc(N2CCCCC2)[se]1. The van der Waals surface area contributed by atoms with Gasteiger partial charge in [-0.2, -0.15) is 0 Å². The number of hydrogen-bond acceptors (Lipinski definition) is 3. The van der Waals surface area contributed by atoms with Gasteiger partial charge in [0, 0.05) is 0 Å². The van der Waals surface area contributed by atoms with Crippen LogP contribution in [0, 0.1) is 0 Å². The molecule has 1 fully saturated rings. The molecule has 3 rings (SSSR count). The Morgan fingerprint density at radius 2 is 1.84 bits per heavy atom. The molecule has 0 atom stereocenters. The minimum absolute atomic E-state index is 0.0737. The van der Waals surface area contributed by atoms with Crippen molar-refractivity contribution in [1.29, 1.82) is 0 Å². The van der Waals surface area contributed by atoms with Crippen LogP contribution in [0.5, 0.6) is 0 Å². The first-order valence-electron chi connectivity index (χ1n) is 6.65. The van der Waals surface area contributed by atoms with Crippen LogP contribution in [-0.4, -0.2) is 38.4 Å². The third-order valence-electron chi connectivity index (χ3n) is 3.38. The Kier molecular flexibility index (Phi) is 3.81. The van der Waals surface area contributed by atoms with Crippen LogP contribution in [0.15, 0.2) is 36.5 Å². The van der Waals surface area contributed by atoms with E-state index in [4.69, 9.17) is 0 Å². The van der Waals surface area contributed by atoms with E-state index in [9.17, 15) is 4.79 Å². The van der Waals surface area contributed by atoms with E-state index in [1.807, 2.05) is 30.3 Å². The van der Waals surface area contributed by atoms with Crippen molar-refractivity contribution < 1.29 is 4.79 Å². The Bertz CT molecular complexity index is 559. The molecule has 2 heterocycles. The van der Waals surface area contributed by atoms with Crippen LogP contribution in [0.4, 0.5) is 4.69 Å². The molecule has 1 aliphatic rings. The molecule has 0 spiro atoms. The van der Waals surface area contributed by atoms with Gasteiger partial charge < -0.3 is 0 Å². The maximum absolute atomic E-state index is 12.3. The summed E-state index contributed by atoms with van der Waals surface area (Å²) in [6, 6.07) is 9.49. The van der Waals surface area contributed by atoms with E-state index in [1.54, 1.807) is 6.20 Å². The summed E-state index contributed by atoms with van der Waals surface area (Å²) in [5.74, 6) is 0.136. The van der Waals surface area contributed by atoms with Gasteiger partial charge >= 0.3 is 119 Å². The summed E-state index contributed by atoms with van der Waals surface area (Å²) in [7, 11) is 0. The van der Waals surface area contributed by atoms with E-state index in [0.717, 1.165) is 27.8 Å². The number of benzene rings is 1. The topological polar surface area (TPSA) is 33.2 Å². The second kappa shape index (κ2) is 5.72. The third kappa shape index (κ3) is 2.80. The zero-order chi connectivity index (χ0) is 13.1. The van der Waals surface area contributed by atoms with E-state index >= 15 is 0 Å². The molecule has 0 saturated carbocycles. The summed E-state index contributed by atoms with van der Waals surface area (Å²) in [6.45, 7) is 2.20. The van der Waals surface area contributed by atoms with Crippen molar-refractivity contribution in [2.45, 2.75) is 19.3 Å². The van der Waals surface area contributed by atoms with E-state index < -0.39 is 0 Å². The molecule has 3 nitrogen and oxygen atoms in total. The second-order valence-electron chi connectivity index (χ2n) is 4.75. The number of piperidine rings is 1. The summed E-state index contributed by atoms with van der Waals surface area (Å²) < 4.78 is 2.01.